The molecule has 8 heteroatoms. The van der Waals surface area contributed by atoms with Crippen molar-refractivity contribution in [3.05, 3.63) is 72.6 Å². The fourth-order valence-corrected chi connectivity index (χ4v) is 5.53. The average molecular weight is 526 g/mol. The number of rotatable bonds is 8. The molecule has 202 valence electrons. The molecule has 0 radical (unpaired) electrons. The van der Waals surface area contributed by atoms with Gasteiger partial charge in [0.25, 0.3) is 0 Å². The molecule has 2 aliphatic carbocycles. The molecule has 0 spiro atoms. The SMILES string of the molecule is O=C(Nc1ccc2c(cnn2-c2ccc(NC(=O)C3CC3)cc2)c1)C1C=CC(N2CCC(CCO)CC2)=CC1. The van der Waals surface area contributed by atoms with Crippen LogP contribution in [0, 0.1) is 17.8 Å². The largest absolute Gasteiger partial charge is 0.396 e. The van der Waals surface area contributed by atoms with Crippen molar-refractivity contribution in [1.29, 1.82) is 0 Å². The minimum absolute atomic E-state index is 0.0150. The second kappa shape index (κ2) is 11.1. The number of aliphatic hydroxyl groups is 1. The van der Waals surface area contributed by atoms with Crippen LogP contribution in [0.2, 0.25) is 0 Å². The monoisotopic (exact) mass is 525 g/mol. The first kappa shape index (κ1) is 25.4. The van der Waals surface area contributed by atoms with E-state index in [1.807, 2.05) is 53.2 Å². The number of aromatic nitrogens is 2. The van der Waals surface area contributed by atoms with E-state index in [1.54, 1.807) is 6.20 Å². The third-order valence-electron chi connectivity index (χ3n) is 8.10. The molecule has 3 N–H and O–H groups in total. The molecule has 2 fully saturated rings. The maximum Gasteiger partial charge on any atom is 0.231 e. The van der Waals surface area contributed by atoms with Gasteiger partial charge >= 0.3 is 0 Å². The summed E-state index contributed by atoms with van der Waals surface area (Å²) in [5, 5.41) is 20.7. The Balaban J connectivity index is 1.05. The van der Waals surface area contributed by atoms with Crippen LogP contribution in [0.25, 0.3) is 16.6 Å². The Hall–Kier alpha value is -3.91. The summed E-state index contributed by atoms with van der Waals surface area (Å²) in [5.74, 6) is 0.673. The van der Waals surface area contributed by atoms with Crippen LogP contribution < -0.4 is 10.6 Å². The molecule has 1 saturated carbocycles. The van der Waals surface area contributed by atoms with Crippen molar-refractivity contribution in [3.63, 3.8) is 0 Å². The predicted octanol–water partition coefficient (Wildman–Crippen LogP) is 4.87. The summed E-state index contributed by atoms with van der Waals surface area (Å²) in [4.78, 5) is 27.4. The van der Waals surface area contributed by atoms with Gasteiger partial charge in [0.2, 0.25) is 11.8 Å². The number of carbonyl (C=O) groups is 2. The van der Waals surface area contributed by atoms with Gasteiger partial charge in [0, 0.05) is 48.1 Å². The number of piperidine rings is 1. The first-order chi connectivity index (χ1) is 19.1. The van der Waals surface area contributed by atoms with Gasteiger partial charge in [-0.2, -0.15) is 5.10 Å². The molecule has 1 aromatic heterocycles. The van der Waals surface area contributed by atoms with Gasteiger partial charge < -0.3 is 20.6 Å². The standard InChI is InChI=1S/C31H35N5O3/c37-18-15-21-13-16-35(17-14-21)27-8-3-23(4-9-27)31(39)34-26-7-12-29-24(19-26)20-32-36(29)28-10-5-25(6-11-28)33-30(38)22-1-2-22/h3,5-12,19-23,37H,1-2,4,13-18H2,(H,33,38)(H,34,39). The van der Waals surface area contributed by atoms with Gasteiger partial charge in [-0.25, -0.2) is 4.68 Å². The van der Waals surface area contributed by atoms with E-state index >= 15 is 0 Å². The number of nitrogens with one attached hydrogen (secondary N) is 2. The number of carbonyl (C=O) groups excluding carboxylic acids is 2. The van der Waals surface area contributed by atoms with Gasteiger partial charge in [0.15, 0.2) is 0 Å². The lowest BCUT2D eigenvalue weighted by Gasteiger charge is -2.35. The first-order valence-corrected chi connectivity index (χ1v) is 14.0. The second-order valence-electron chi connectivity index (χ2n) is 10.9. The van der Waals surface area contributed by atoms with Crippen LogP contribution >= 0.6 is 0 Å². The van der Waals surface area contributed by atoms with Crippen molar-refractivity contribution in [3.8, 4) is 5.69 Å². The molecule has 2 aromatic carbocycles. The number of amides is 2. The van der Waals surface area contributed by atoms with Crippen LogP contribution in [-0.2, 0) is 9.59 Å². The summed E-state index contributed by atoms with van der Waals surface area (Å²) in [7, 11) is 0. The Morgan fingerprint density at radius 1 is 0.949 bits per heavy atom. The van der Waals surface area contributed by atoms with Crippen molar-refractivity contribution in [1.82, 2.24) is 14.7 Å². The van der Waals surface area contributed by atoms with Crippen molar-refractivity contribution >= 4 is 34.1 Å². The zero-order valence-corrected chi connectivity index (χ0v) is 22.1. The number of hydrogen-bond donors (Lipinski definition) is 3. The number of fused-ring (bicyclic) bond motifs is 1. The smallest absolute Gasteiger partial charge is 0.231 e. The highest BCUT2D eigenvalue weighted by Gasteiger charge is 2.29. The average Bonchev–Trinajstić information content (AvgIpc) is 3.74. The molecule has 1 saturated heterocycles. The number of aliphatic hydroxyl groups excluding tert-OH is 1. The molecule has 1 atom stereocenters. The van der Waals surface area contributed by atoms with E-state index in [0.29, 0.717) is 12.3 Å². The molecular weight excluding hydrogens is 490 g/mol. The highest BCUT2D eigenvalue weighted by Crippen LogP contribution is 2.31. The summed E-state index contributed by atoms with van der Waals surface area (Å²) in [6.45, 7) is 2.29. The van der Waals surface area contributed by atoms with E-state index in [4.69, 9.17) is 0 Å². The lowest BCUT2D eigenvalue weighted by molar-refractivity contribution is -0.118. The third-order valence-corrected chi connectivity index (χ3v) is 8.10. The molecule has 1 unspecified atom stereocenters. The second-order valence-corrected chi connectivity index (χ2v) is 10.9. The minimum Gasteiger partial charge on any atom is -0.396 e. The van der Waals surface area contributed by atoms with Crippen LogP contribution in [-0.4, -0.2) is 51.3 Å². The third kappa shape index (κ3) is 5.76. The predicted molar refractivity (Wildman–Crippen MR) is 152 cm³/mol. The van der Waals surface area contributed by atoms with E-state index in [-0.39, 0.29) is 30.3 Å². The molecule has 3 aromatic rings. The summed E-state index contributed by atoms with van der Waals surface area (Å²) < 4.78 is 1.86. The Morgan fingerprint density at radius 2 is 1.69 bits per heavy atom. The molecule has 39 heavy (non-hydrogen) atoms. The zero-order chi connectivity index (χ0) is 26.8. The maximum atomic E-state index is 13.0. The summed E-state index contributed by atoms with van der Waals surface area (Å²) >= 11 is 0. The van der Waals surface area contributed by atoms with E-state index in [0.717, 1.165) is 73.2 Å². The molecule has 2 heterocycles. The van der Waals surface area contributed by atoms with Gasteiger partial charge in [-0.05, 0) is 93.0 Å². The molecule has 0 bridgehead atoms. The molecule has 3 aliphatic rings. The van der Waals surface area contributed by atoms with Crippen LogP contribution in [0.4, 0.5) is 11.4 Å². The number of benzene rings is 2. The van der Waals surface area contributed by atoms with Crippen LogP contribution in [0.15, 0.2) is 72.6 Å². The highest BCUT2D eigenvalue weighted by molar-refractivity contribution is 5.96. The van der Waals surface area contributed by atoms with Gasteiger partial charge in [-0.1, -0.05) is 12.2 Å². The first-order valence-electron chi connectivity index (χ1n) is 14.0. The molecular formula is C31H35N5O3. The normalized spacial score (nSPS) is 19.7. The summed E-state index contributed by atoms with van der Waals surface area (Å²) in [6.07, 6.45) is 13.8. The summed E-state index contributed by atoms with van der Waals surface area (Å²) in [5.41, 5.74) is 4.58. The lowest BCUT2D eigenvalue weighted by Crippen LogP contribution is -2.34. The van der Waals surface area contributed by atoms with Crippen LogP contribution in [0.3, 0.4) is 0 Å². The van der Waals surface area contributed by atoms with Gasteiger partial charge in [-0.3, -0.25) is 9.59 Å². The van der Waals surface area contributed by atoms with Gasteiger partial charge in [-0.15, -0.1) is 0 Å². The Kier molecular flexibility index (Phi) is 7.20. The topological polar surface area (TPSA) is 99.5 Å². The highest BCUT2D eigenvalue weighted by atomic mass is 16.3. The van der Waals surface area contributed by atoms with Crippen molar-refractivity contribution in [2.75, 3.05) is 30.3 Å². The lowest BCUT2D eigenvalue weighted by atomic mass is 9.92. The van der Waals surface area contributed by atoms with Crippen molar-refractivity contribution in [2.45, 2.75) is 38.5 Å². The quantitative estimate of drug-likeness (QED) is 0.390. The van der Waals surface area contributed by atoms with E-state index in [2.05, 4.69) is 32.8 Å². The zero-order valence-electron chi connectivity index (χ0n) is 22.1. The fourth-order valence-electron chi connectivity index (χ4n) is 5.53. The molecule has 6 rings (SSSR count). The number of hydrogen-bond acceptors (Lipinski definition) is 5. The maximum absolute atomic E-state index is 13.0. The number of anilines is 2. The minimum atomic E-state index is -0.196. The Morgan fingerprint density at radius 3 is 2.38 bits per heavy atom. The van der Waals surface area contributed by atoms with E-state index in [9.17, 15) is 14.7 Å². The number of likely N-dealkylation sites (tertiary alicyclic amines) is 1. The van der Waals surface area contributed by atoms with E-state index in [1.165, 1.54) is 5.70 Å². The number of allylic oxidation sites excluding steroid dienone is 2. The number of nitrogens with zero attached hydrogens (tertiary/aromatic N) is 3. The van der Waals surface area contributed by atoms with Gasteiger partial charge in [0.1, 0.15) is 0 Å². The Bertz CT molecular complexity index is 1410. The Labute approximate surface area is 228 Å². The summed E-state index contributed by atoms with van der Waals surface area (Å²) in [6, 6.07) is 13.5. The fraction of sp³-hybridized carbons (Fsp3) is 0.387. The van der Waals surface area contributed by atoms with Crippen molar-refractivity contribution in [2.24, 2.45) is 17.8 Å². The van der Waals surface area contributed by atoms with Gasteiger partial charge in [0.05, 0.1) is 23.3 Å². The van der Waals surface area contributed by atoms with Crippen LogP contribution in [0.5, 0.6) is 0 Å². The van der Waals surface area contributed by atoms with Crippen molar-refractivity contribution < 1.29 is 14.7 Å². The molecule has 2 amide bonds. The van der Waals surface area contributed by atoms with Crippen LogP contribution in [0.1, 0.15) is 38.5 Å². The van der Waals surface area contributed by atoms with E-state index < -0.39 is 0 Å². The molecule has 8 nitrogen and oxygen atoms in total. The molecule has 1 aliphatic heterocycles.